The van der Waals surface area contributed by atoms with Gasteiger partial charge in [-0.15, -0.1) is 0 Å². The number of aromatic nitrogens is 2. The van der Waals surface area contributed by atoms with Gasteiger partial charge in [0.15, 0.2) is 0 Å². The molecule has 0 amide bonds. The van der Waals surface area contributed by atoms with Gasteiger partial charge in [-0.3, -0.25) is 4.68 Å². The summed E-state index contributed by atoms with van der Waals surface area (Å²) in [7, 11) is 3.66. The molecule has 0 fully saturated rings. The van der Waals surface area contributed by atoms with Gasteiger partial charge in [0, 0.05) is 19.3 Å². The SMILES string of the molecule is CNCC(COC)n1nc(C)cc1C. The molecule has 1 N–H and O–H groups in total. The quantitative estimate of drug-likeness (QED) is 0.762. The largest absolute Gasteiger partial charge is 0.382 e. The van der Waals surface area contributed by atoms with E-state index in [9.17, 15) is 0 Å². The van der Waals surface area contributed by atoms with E-state index in [4.69, 9.17) is 4.74 Å². The molecule has 4 heteroatoms. The Morgan fingerprint density at radius 3 is 2.71 bits per heavy atom. The maximum absolute atomic E-state index is 5.17. The number of nitrogens with one attached hydrogen (secondary N) is 1. The third-order valence-electron chi connectivity index (χ3n) is 2.19. The van der Waals surface area contributed by atoms with Gasteiger partial charge in [-0.2, -0.15) is 5.10 Å². The van der Waals surface area contributed by atoms with Gasteiger partial charge in [0.05, 0.1) is 18.3 Å². The minimum Gasteiger partial charge on any atom is -0.382 e. The molecule has 4 nitrogen and oxygen atoms in total. The summed E-state index contributed by atoms with van der Waals surface area (Å²) < 4.78 is 7.20. The van der Waals surface area contributed by atoms with Crippen LogP contribution in [-0.2, 0) is 4.74 Å². The summed E-state index contributed by atoms with van der Waals surface area (Å²) in [5.74, 6) is 0. The van der Waals surface area contributed by atoms with Crippen LogP contribution in [0.1, 0.15) is 17.4 Å². The van der Waals surface area contributed by atoms with Crippen LogP contribution in [0.5, 0.6) is 0 Å². The Labute approximate surface area is 85.3 Å². The van der Waals surface area contributed by atoms with E-state index in [0.29, 0.717) is 6.61 Å². The Morgan fingerprint density at radius 2 is 2.29 bits per heavy atom. The van der Waals surface area contributed by atoms with Gasteiger partial charge >= 0.3 is 0 Å². The first-order valence-electron chi connectivity index (χ1n) is 4.85. The number of nitrogens with zero attached hydrogens (tertiary/aromatic N) is 2. The van der Waals surface area contributed by atoms with Gasteiger partial charge in [0.2, 0.25) is 0 Å². The van der Waals surface area contributed by atoms with Crippen LogP contribution < -0.4 is 5.32 Å². The monoisotopic (exact) mass is 197 g/mol. The molecule has 1 atom stereocenters. The van der Waals surface area contributed by atoms with Crippen molar-refractivity contribution in [3.05, 3.63) is 17.5 Å². The third kappa shape index (κ3) is 2.56. The van der Waals surface area contributed by atoms with Gasteiger partial charge in [0.1, 0.15) is 0 Å². The van der Waals surface area contributed by atoms with Crippen LogP contribution >= 0.6 is 0 Å². The van der Waals surface area contributed by atoms with Gasteiger partial charge < -0.3 is 10.1 Å². The van der Waals surface area contributed by atoms with E-state index in [1.807, 2.05) is 18.7 Å². The summed E-state index contributed by atoms with van der Waals surface area (Å²) >= 11 is 0. The van der Waals surface area contributed by atoms with E-state index in [-0.39, 0.29) is 6.04 Å². The summed E-state index contributed by atoms with van der Waals surface area (Å²) in [5.41, 5.74) is 2.24. The zero-order valence-corrected chi connectivity index (χ0v) is 9.37. The van der Waals surface area contributed by atoms with E-state index >= 15 is 0 Å². The van der Waals surface area contributed by atoms with Crippen molar-refractivity contribution in [1.82, 2.24) is 15.1 Å². The molecule has 0 aromatic carbocycles. The van der Waals surface area contributed by atoms with Gasteiger partial charge in [0.25, 0.3) is 0 Å². The van der Waals surface area contributed by atoms with Crippen molar-refractivity contribution in [1.29, 1.82) is 0 Å². The lowest BCUT2D eigenvalue weighted by Gasteiger charge is -2.17. The highest BCUT2D eigenvalue weighted by Gasteiger charge is 2.13. The standard InChI is InChI=1S/C10H19N3O/c1-8-5-9(2)13(12-8)10(6-11-3)7-14-4/h5,10-11H,6-7H2,1-4H3. The molecule has 1 unspecified atom stereocenters. The van der Waals surface area contributed by atoms with Crippen LogP contribution in [0.25, 0.3) is 0 Å². The summed E-state index contributed by atoms with van der Waals surface area (Å²) in [6.45, 7) is 5.63. The molecule has 1 aromatic heterocycles. The topological polar surface area (TPSA) is 39.1 Å². The molecule has 0 saturated carbocycles. The van der Waals surface area contributed by atoms with Crippen molar-refractivity contribution >= 4 is 0 Å². The highest BCUT2D eigenvalue weighted by Crippen LogP contribution is 2.10. The van der Waals surface area contributed by atoms with Crippen molar-refractivity contribution < 1.29 is 4.74 Å². The highest BCUT2D eigenvalue weighted by molar-refractivity contribution is 5.07. The molecule has 0 aliphatic heterocycles. The Morgan fingerprint density at radius 1 is 1.57 bits per heavy atom. The number of likely N-dealkylation sites (N-methyl/N-ethyl adjacent to an activating group) is 1. The van der Waals surface area contributed by atoms with Crippen LogP contribution in [0.4, 0.5) is 0 Å². The Bertz CT molecular complexity index is 277. The average molecular weight is 197 g/mol. The number of methoxy groups -OCH3 is 1. The average Bonchev–Trinajstić information content (AvgIpc) is 2.45. The van der Waals surface area contributed by atoms with Crippen LogP contribution in [0.3, 0.4) is 0 Å². The predicted molar refractivity (Wildman–Crippen MR) is 56.5 cm³/mol. The zero-order chi connectivity index (χ0) is 10.6. The van der Waals surface area contributed by atoms with E-state index in [0.717, 1.165) is 12.2 Å². The van der Waals surface area contributed by atoms with Crippen LogP contribution in [0.15, 0.2) is 6.07 Å². The molecule has 1 heterocycles. The zero-order valence-electron chi connectivity index (χ0n) is 9.37. The number of rotatable bonds is 5. The summed E-state index contributed by atoms with van der Waals surface area (Å²) in [4.78, 5) is 0. The lowest BCUT2D eigenvalue weighted by molar-refractivity contribution is 0.148. The number of hydrogen-bond donors (Lipinski definition) is 1. The fourth-order valence-electron chi connectivity index (χ4n) is 1.66. The molecule has 1 rings (SSSR count). The predicted octanol–water partition coefficient (Wildman–Crippen LogP) is 0.907. The molecular formula is C10H19N3O. The molecule has 14 heavy (non-hydrogen) atoms. The van der Waals surface area contributed by atoms with Gasteiger partial charge in [-0.1, -0.05) is 0 Å². The Kier molecular flexibility index (Phi) is 4.10. The molecule has 1 aromatic rings. The fourth-order valence-corrected chi connectivity index (χ4v) is 1.66. The first-order valence-corrected chi connectivity index (χ1v) is 4.85. The lowest BCUT2D eigenvalue weighted by Crippen LogP contribution is -2.27. The van der Waals surface area contributed by atoms with Crippen molar-refractivity contribution in [2.45, 2.75) is 19.9 Å². The number of aryl methyl sites for hydroxylation is 2. The van der Waals surface area contributed by atoms with Crippen molar-refractivity contribution in [3.63, 3.8) is 0 Å². The Hall–Kier alpha value is -0.870. The minimum absolute atomic E-state index is 0.277. The second-order valence-electron chi connectivity index (χ2n) is 3.54. The highest BCUT2D eigenvalue weighted by atomic mass is 16.5. The van der Waals surface area contributed by atoms with Gasteiger partial charge in [-0.05, 0) is 27.0 Å². The van der Waals surface area contributed by atoms with Crippen molar-refractivity contribution in [3.8, 4) is 0 Å². The second-order valence-corrected chi connectivity index (χ2v) is 3.54. The molecular weight excluding hydrogens is 178 g/mol. The lowest BCUT2D eigenvalue weighted by atomic mass is 10.3. The molecule has 0 radical (unpaired) electrons. The van der Waals surface area contributed by atoms with E-state index < -0.39 is 0 Å². The third-order valence-corrected chi connectivity index (χ3v) is 2.19. The van der Waals surface area contributed by atoms with Crippen molar-refractivity contribution in [2.24, 2.45) is 0 Å². The molecule has 0 aliphatic carbocycles. The van der Waals surface area contributed by atoms with Crippen molar-refractivity contribution in [2.75, 3.05) is 27.3 Å². The molecule has 80 valence electrons. The van der Waals surface area contributed by atoms with Crippen LogP contribution in [-0.4, -0.2) is 37.1 Å². The van der Waals surface area contributed by atoms with Crippen LogP contribution in [0.2, 0.25) is 0 Å². The first-order chi connectivity index (χ1) is 6.69. The summed E-state index contributed by atoms with van der Waals surface area (Å²) in [5, 5.41) is 7.59. The fraction of sp³-hybridized carbons (Fsp3) is 0.700. The number of ether oxygens (including phenoxy) is 1. The maximum Gasteiger partial charge on any atom is 0.0879 e. The summed E-state index contributed by atoms with van der Waals surface area (Å²) in [6.07, 6.45) is 0. The smallest absolute Gasteiger partial charge is 0.0879 e. The van der Waals surface area contributed by atoms with Crippen LogP contribution in [0, 0.1) is 13.8 Å². The molecule has 0 saturated heterocycles. The Balaban J connectivity index is 2.80. The molecule has 0 aliphatic rings. The number of hydrogen-bond acceptors (Lipinski definition) is 3. The second kappa shape index (κ2) is 5.12. The van der Waals surface area contributed by atoms with E-state index in [1.54, 1.807) is 7.11 Å². The van der Waals surface area contributed by atoms with E-state index in [2.05, 4.69) is 23.4 Å². The summed E-state index contributed by atoms with van der Waals surface area (Å²) in [6, 6.07) is 2.36. The first kappa shape index (κ1) is 11.2. The minimum atomic E-state index is 0.277. The normalized spacial score (nSPS) is 13.1. The van der Waals surface area contributed by atoms with E-state index in [1.165, 1.54) is 5.69 Å². The molecule has 0 bridgehead atoms. The maximum atomic E-state index is 5.17. The van der Waals surface area contributed by atoms with Gasteiger partial charge in [-0.25, -0.2) is 0 Å². The molecule has 0 spiro atoms.